The molecule has 0 aliphatic heterocycles. The highest BCUT2D eigenvalue weighted by Gasteiger charge is 2.08. The van der Waals surface area contributed by atoms with E-state index in [4.69, 9.17) is 13.9 Å². The summed E-state index contributed by atoms with van der Waals surface area (Å²) in [6.45, 7) is 5.53. The minimum atomic E-state index is 0.341. The molecule has 0 amide bonds. The van der Waals surface area contributed by atoms with Crippen molar-refractivity contribution in [1.29, 1.82) is 0 Å². The van der Waals surface area contributed by atoms with Gasteiger partial charge < -0.3 is 19.2 Å². The first-order valence-corrected chi connectivity index (χ1v) is 7.28. The van der Waals surface area contributed by atoms with E-state index in [1.165, 1.54) is 5.56 Å². The topological polar surface area (TPSA) is 43.6 Å². The molecule has 0 aliphatic carbocycles. The molecule has 0 saturated carbocycles. The number of ether oxygens (including phenoxy) is 2. The van der Waals surface area contributed by atoms with E-state index in [-0.39, 0.29) is 0 Å². The lowest BCUT2D eigenvalue weighted by atomic mass is 10.1. The van der Waals surface area contributed by atoms with E-state index in [2.05, 4.69) is 12.2 Å². The average molecular weight is 289 g/mol. The summed E-state index contributed by atoms with van der Waals surface area (Å²) in [4.78, 5) is 0. The molecule has 4 nitrogen and oxygen atoms in total. The molecule has 0 fully saturated rings. The third-order valence-electron chi connectivity index (χ3n) is 3.27. The summed E-state index contributed by atoms with van der Waals surface area (Å²) in [6, 6.07) is 10.3. The monoisotopic (exact) mass is 289 g/mol. The number of rotatable bonds is 8. The summed E-state index contributed by atoms with van der Waals surface area (Å²) >= 11 is 0. The van der Waals surface area contributed by atoms with Crippen LogP contribution in [0.25, 0.3) is 0 Å². The van der Waals surface area contributed by atoms with Gasteiger partial charge in [0.05, 0.1) is 20.0 Å². The average Bonchev–Trinajstić information content (AvgIpc) is 2.98. The third-order valence-corrected chi connectivity index (χ3v) is 3.27. The van der Waals surface area contributed by atoms with Crippen LogP contribution in [0.1, 0.15) is 25.2 Å². The van der Waals surface area contributed by atoms with Crippen LogP contribution in [0.5, 0.6) is 11.5 Å². The molecule has 1 heterocycles. The van der Waals surface area contributed by atoms with Gasteiger partial charge in [-0.25, -0.2) is 0 Å². The lowest BCUT2D eigenvalue weighted by molar-refractivity contribution is 0.310. The molecular weight excluding hydrogens is 266 g/mol. The lowest BCUT2D eigenvalue weighted by Crippen LogP contribution is -2.27. The van der Waals surface area contributed by atoms with Crippen LogP contribution in [0.2, 0.25) is 0 Å². The standard InChI is InChI=1S/C17H23NO3/c1-4-20-17-11-14(7-8-16(17)19-3)12-18-13(2)10-15-6-5-9-21-15/h5-9,11,13,18H,4,10,12H2,1-3H3. The van der Waals surface area contributed by atoms with Crippen LogP contribution >= 0.6 is 0 Å². The Balaban J connectivity index is 1.91. The van der Waals surface area contributed by atoms with Crippen LogP contribution in [0.4, 0.5) is 0 Å². The molecule has 1 aromatic carbocycles. The molecule has 0 spiro atoms. The first-order valence-electron chi connectivity index (χ1n) is 7.28. The highest BCUT2D eigenvalue weighted by Crippen LogP contribution is 2.28. The molecule has 4 heteroatoms. The van der Waals surface area contributed by atoms with E-state index in [0.29, 0.717) is 12.6 Å². The van der Waals surface area contributed by atoms with E-state index in [1.807, 2.05) is 37.3 Å². The van der Waals surface area contributed by atoms with Crippen molar-refractivity contribution in [1.82, 2.24) is 5.32 Å². The molecule has 1 aromatic heterocycles. The van der Waals surface area contributed by atoms with Gasteiger partial charge in [-0.1, -0.05) is 6.07 Å². The summed E-state index contributed by atoms with van der Waals surface area (Å²) in [5, 5.41) is 3.49. The summed E-state index contributed by atoms with van der Waals surface area (Å²) in [5.41, 5.74) is 1.17. The summed E-state index contributed by atoms with van der Waals surface area (Å²) < 4.78 is 16.2. The van der Waals surface area contributed by atoms with Gasteiger partial charge in [0.15, 0.2) is 11.5 Å². The maximum Gasteiger partial charge on any atom is 0.161 e. The van der Waals surface area contributed by atoms with Gasteiger partial charge in [-0.05, 0) is 43.7 Å². The minimum absolute atomic E-state index is 0.341. The van der Waals surface area contributed by atoms with Gasteiger partial charge in [-0.15, -0.1) is 0 Å². The van der Waals surface area contributed by atoms with Crippen LogP contribution in [0, 0.1) is 0 Å². The van der Waals surface area contributed by atoms with Crippen molar-refractivity contribution in [2.24, 2.45) is 0 Å². The highest BCUT2D eigenvalue weighted by atomic mass is 16.5. The lowest BCUT2D eigenvalue weighted by Gasteiger charge is -2.14. The van der Waals surface area contributed by atoms with Gasteiger partial charge in [-0.2, -0.15) is 0 Å². The molecule has 2 rings (SSSR count). The summed E-state index contributed by atoms with van der Waals surface area (Å²) in [6.07, 6.45) is 2.58. The van der Waals surface area contributed by atoms with Crippen LogP contribution in [-0.4, -0.2) is 19.8 Å². The molecule has 2 aromatic rings. The maximum absolute atomic E-state index is 5.59. The first-order chi connectivity index (χ1) is 10.2. The second-order valence-electron chi connectivity index (χ2n) is 4.98. The number of hydrogen-bond donors (Lipinski definition) is 1. The Morgan fingerprint density at radius 2 is 2.10 bits per heavy atom. The Bertz CT molecular complexity index is 537. The molecule has 1 unspecified atom stereocenters. The van der Waals surface area contributed by atoms with Crippen LogP contribution < -0.4 is 14.8 Å². The van der Waals surface area contributed by atoms with Crippen LogP contribution in [-0.2, 0) is 13.0 Å². The molecule has 114 valence electrons. The fraction of sp³-hybridized carbons (Fsp3) is 0.412. The first kappa shape index (κ1) is 15.4. The maximum atomic E-state index is 5.59. The third kappa shape index (κ3) is 4.53. The Labute approximate surface area is 126 Å². The number of nitrogens with one attached hydrogen (secondary N) is 1. The molecular formula is C17H23NO3. The second-order valence-corrected chi connectivity index (χ2v) is 4.98. The van der Waals surface area contributed by atoms with Gasteiger partial charge >= 0.3 is 0 Å². The Hall–Kier alpha value is -1.94. The molecule has 1 N–H and O–H groups in total. The minimum Gasteiger partial charge on any atom is -0.493 e. The Morgan fingerprint density at radius 1 is 1.24 bits per heavy atom. The zero-order chi connectivity index (χ0) is 15.1. The largest absolute Gasteiger partial charge is 0.493 e. The van der Waals surface area contributed by atoms with Gasteiger partial charge in [-0.3, -0.25) is 0 Å². The van der Waals surface area contributed by atoms with Gasteiger partial charge in [0.2, 0.25) is 0 Å². The van der Waals surface area contributed by atoms with Crippen molar-refractivity contribution in [3.63, 3.8) is 0 Å². The molecule has 21 heavy (non-hydrogen) atoms. The molecule has 0 bridgehead atoms. The Morgan fingerprint density at radius 3 is 2.76 bits per heavy atom. The predicted molar refractivity (Wildman–Crippen MR) is 82.9 cm³/mol. The van der Waals surface area contributed by atoms with Crippen molar-refractivity contribution in [2.45, 2.75) is 32.9 Å². The highest BCUT2D eigenvalue weighted by molar-refractivity contribution is 5.42. The second kappa shape index (κ2) is 7.74. The number of methoxy groups -OCH3 is 1. The number of furan rings is 1. The van der Waals surface area contributed by atoms with E-state index >= 15 is 0 Å². The molecule has 1 atom stereocenters. The van der Waals surface area contributed by atoms with Crippen LogP contribution in [0.15, 0.2) is 41.0 Å². The molecule has 0 saturated heterocycles. The van der Waals surface area contributed by atoms with Gasteiger partial charge in [0.1, 0.15) is 5.76 Å². The fourth-order valence-corrected chi connectivity index (χ4v) is 2.19. The smallest absolute Gasteiger partial charge is 0.161 e. The quantitative estimate of drug-likeness (QED) is 0.809. The van der Waals surface area contributed by atoms with Crippen LogP contribution in [0.3, 0.4) is 0 Å². The zero-order valence-electron chi connectivity index (χ0n) is 12.9. The van der Waals surface area contributed by atoms with E-state index in [0.717, 1.165) is 30.2 Å². The molecule has 0 aliphatic rings. The molecule has 0 radical (unpaired) electrons. The fourth-order valence-electron chi connectivity index (χ4n) is 2.19. The predicted octanol–water partition coefficient (Wildman–Crippen LogP) is 3.41. The van der Waals surface area contributed by atoms with Crippen molar-refractivity contribution in [2.75, 3.05) is 13.7 Å². The summed E-state index contributed by atoms with van der Waals surface area (Å²) in [7, 11) is 1.65. The van der Waals surface area contributed by atoms with Crippen molar-refractivity contribution in [3.8, 4) is 11.5 Å². The Kier molecular flexibility index (Phi) is 5.69. The number of hydrogen-bond acceptors (Lipinski definition) is 4. The normalized spacial score (nSPS) is 12.1. The van der Waals surface area contributed by atoms with Gasteiger partial charge in [0, 0.05) is 19.0 Å². The van der Waals surface area contributed by atoms with E-state index in [1.54, 1.807) is 13.4 Å². The van der Waals surface area contributed by atoms with Crippen molar-refractivity contribution < 1.29 is 13.9 Å². The van der Waals surface area contributed by atoms with Crippen molar-refractivity contribution in [3.05, 3.63) is 47.9 Å². The van der Waals surface area contributed by atoms with Crippen molar-refractivity contribution >= 4 is 0 Å². The number of benzene rings is 1. The summed E-state index contributed by atoms with van der Waals surface area (Å²) in [5.74, 6) is 2.56. The zero-order valence-corrected chi connectivity index (χ0v) is 12.9. The van der Waals surface area contributed by atoms with E-state index in [9.17, 15) is 0 Å². The SMILES string of the molecule is CCOc1cc(CNC(C)Cc2ccco2)ccc1OC. The van der Waals surface area contributed by atoms with Gasteiger partial charge in [0.25, 0.3) is 0 Å². The van der Waals surface area contributed by atoms with E-state index < -0.39 is 0 Å².